The molecule has 2 aromatic carbocycles. The van der Waals surface area contributed by atoms with Gasteiger partial charge in [0.1, 0.15) is 17.1 Å². The van der Waals surface area contributed by atoms with Crippen molar-refractivity contribution in [1.29, 1.82) is 0 Å². The van der Waals surface area contributed by atoms with Gasteiger partial charge in [-0.05, 0) is 50.6 Å². The maximum Gasteiger partial charge on any atom is 0.416 e. The summed E-state index contributed by atoms with van der Waals surface area (Å²) in [6.07, 6.45) is -3.89. The normalized spacial score (nSPS) is 18.0. The second-order valence-corrected chi connectivity index (χ2v) is 7.54. The second-order valence-electron chi connectivity index (χ2n) is 7.54. The third-order valence-corrected chi connectivity index (χ3v) is 4.49. The Kier molecular flexibility index (Phi) is 5.28. The van der Waals surface area contributed by atoms with E-state index in [0.717, 1.165) is 29.0 Å². The van der Waals surface area contributed by atoms with Gasteiger partial charge in [-0.15, -0.1) is 0 Å². The number of nitrogens with one attached hydrogen (secondary N) is 1. The smallest absolute Gasteiger partial charge is 0.416 e. The van der Waals surface area contributed by atoms with Gasteiger partial charge in [0.05, 0.1) is 11.6 Å². The van der Waals surface area contributed by atoms with Crippen molar-refractivity contribution in [3.8, 4) is 11.5 Å². The molecule has 0 unspecified atom stereocenters. The lowest BCUT2D eigenvalue weighted by Gasteiger charge is -2.38. The number of rotatable bonds is 4. The molecule has 0 aromatic heterocycles. The highest BCUT2D eigenvalue weighted by atomic mass is 19.4. The molecule has 28 heavy (non-hydrogen) atoms. The average Bonchev–Trinajstić information content (AvgIpc) is 2.58. The van der Waals surface area contributed by atoms with Crippen molar-refractivity contribution in [3.05, 3.63) is 59.2 Å². The molecule has 1 heterocycles. The Bertz CT molecular complexity index is 877. The van der Waals surface area contributed by atoms with E-state index in [-0.39, 0.29) is 18.4 Å². The van der Waals surface area contributed by atoms with E-state index < -0.39 is 23.2 Å². The van der Waals surface area contributed by atoms with E-state index in [1.54, 1.807) is 0 Å². The molecule has 0 bridgehead atoms. The highest BCUT2D eigenvalue weighted by molar-refractivity contribution is 5.78. The minimum absolute atomic E-state index is 0.00620. The summed E-state index contributed by atoms with van der Waals surface area (Å²) in [5.41, 5.74) is 0.647. The highest BCUT2D eigenvalue weighted by Crippen LogP contribution is 2.39. The molecule has 0 fully saturated rings. The van der Waals surface area contributed by atoms with Gasteiger partial charge in [-0.25, -0.2) is 0 Å². The fourth-order valence-corrected chi connectivity index (χ4v) is 3.23. The van der Waals surface area contributed by atoms with Crippen LogP contribution in [-0.4, -0.2) is 18.1 Å². The standard InChI is InChI=1S/C21H22F3NO3/c1-13-7-8-16-17(11-20(2,3)28-18(16)9-13)25-19(26)12-27-15-6-4-5-14(10-15)21(22,23)24/h4-10,17H,11-12H2,1-3H3,(H,25,26)/t17-/m1/s1. The summed E-state index contributed by atoms with van der Waals surface area (Å²) in [5.74, 6) is 0.306. The first-order chi connectivity index (χ1) is 13.0. The average molecular weight is 393 g/mol. The summed E-state index contributed by atoms with van der Waals surface area (Å²) >= 11 is 0. The number of hydrogen-bond donors (Lipinski definition) is 1. The van der Waals surface area contributed by atoms with Gasteiger partial charge in [-0.3, -0.25) is 4.79 Å². The topological polar surface area (TPSA) is 47.6 Å². The van der Waals surface area contributed by atoms with Crippen LogP contribution in [0.25, 0.3) is 0 Å². The number of halogens is 3. The van der Waals surface area contributed by atoms with Crippen molar-refractivity contribution in [1.82, 2.24) is 5.32 Å². The van der Waals surface area contributed by atoms with Gasteiger partial charge in [0.2, 0.25) is 0 Å². The molecule has 150 valence electrons. The van der Waals surface area contributed by atoms with Crippen LogP contribution >= 0.6 is 0 Å². The van der Waals surface area contributed by atoms with Gasteiger partial charge in [0, 0.05) is 12.0 Å². The molecule has 1 atom stereocenters. The number of hydrogen-bond acceptors (Lipinski definition) is 3. The molecule has 1 N–H and O–H groups in total. The molecule has 0 saturated heterocycles. The first-order valence-corrected chi connectivity index (χ1v) is 8.92. The number of carbonyl (C=O) groups excluding carboxylic acids is 1. The number of alkyl halides is 3. The van der Waals surface area contributed by atoms with Crippen LogP contribution in [0.3, 0.4) is 0 Å². The summed E-state index contributed by atoms with van der Waals surface area (Å²) in [6, 6.07) is 9.98. The fraction of sp³-hybridized carbons (Fsp3) is 0.381. The molecule has 4 nitrogen and oxygen atoms in total. The first-order valence-electron chi connectivity index (χ1n) is 8.92. The molecule has 0 radical (unpaired) electrons. The minimum atomic E-state index is -4.46. The van der Waals surface area contributed by atoms with E-state index in [1.807, 2.05) is 39.0 Å². The van der Waals surface area contributed by atoms with Crippen molar-refractivity contribution >= 4 is 5.91 Å². The molecule has 1 aliphatic heterocycles. The Hall–Kier alpha value is -2.70. The molecular weight excluding hydrogens is 371 g/mol. The van der Waals surface area contributed by atoms with Crippen molar-refractivity contribution < 1.29 is 27.4 Å². The van der Waals surface area contributed by atoms with Crippen LogP contribution in [-0.2, 0) is 11.0 Å². The lowest BCUT2D eigenvalue weighted by molar-refractivity contribution is -0.137. The van der Waals surface area contributed by atoms with Crippen LogP contribution in [0, 0.1) is 6.92 Å². The van der Waals surface area contributed by atoms with E-state index in [9.17, 15) is 18.0 Å². The minimum Gasteiger partial charge on any atom is -0.487 e. The van der Waals surface area contributed by atoms with Gasteiger partial charge < -0.3 is 14.8 Å². The predicted octanol–water partition coefficient (Wildman–Crippen LogP) is 4.81. The van der Waals surface area contributed by atoms with Gasteiger partial charge in [0.25, 0.3) is 5.91 Å². The number of carbonyl (C=O) groups is 1. The van der Waals surface area contributed by atoms with E-state index in [1.165, 1.54) is 12.1 Å². The summed E-state index contributed by atoms with van der Waals surface area (Å²) in [7, 11) is 0. The third-order valence-electron chi connectivity index (χ3n) is 4.49. The Morgan fingerprint density at radius 3 is 2.71 bits per heavy atom. The largest absolute Gasteiger partial charge is 0.487 e. The number of benzene rings is 2. The lowest BCUT2D eigenvalue weighted by Crippen LogP contribution is -2.42. The van der Waals surface area contributed by atoms with Crippen molar-refractivity contribution in [3.63, 3.8) is 0 Å². The molecule has 7 heteroatoms. The summed E-state index contributed by atoms with van der Waals surface area (Å²) in [6.45, 7) is 5.47. The van der Waals surface area contributed by atoms with Crippen LogP contribution < -0.4 is 14.8 Å². The number of fused-ring (bicyclic) bond motifs is 1. The zero-order valence-electron chi connectivity index (χ0n) is 15.9. The lowest BCUT2D eigenvalue weighted by atomic mass is 9.89. The monoisotopic (exact) mass is 393 g/mol. The van der Waals surface area contributed by atoms with Crippen molar-refractivity contribution in [2.45, 2.75) is 45.0 Å². The van der Waals surface area contributed by atoms with Gasteiger partial charge in [-0.1, -0.05) is 18.2 Å². The quantitative estimate of drug-likeness (QED) is 0.811. The van der Waals surface area contributed by atoms with E-state index >= 15 is 0 Å². The van der Waals surface area contributed by atoms with Crippen LogP contribution in [0.5, 0.6) is 11.5 Å². The highest BCUT2D eigenvalue weighted by Gasteiger charge is 2.34. The Morgan fingerprint density at radius 2 is 2.00 bits per heavy atom. The number of ether oxygens (including phenoxy) is 2. The molecule has 0 aliphatic carbocycles. The van der Waals surface area contributed by atoms with E-state index in [0.29, 0.717) is 6.42 Å². The van der Waals surface area contributed by atoms with Crippen molar-refractivity contribution in [2.24, 2.45) is 0 Å². The van der Waals surface area contributed by atoms with Crippen LogP contribution in [0.2, 0.25) is 0 Å². The molecule has 1 amide bonds. The van der Waals surface area contributed by atoms with Crippen molar-refractivity contribution in [2.75, 3.05) is 6.61 Å². The van der Waals surface area contributed by atoms with Gasteiger partial charge in [0.15, 0.2) is 6.61 Å². The fourth-order valence-electron chi connectivity index (χ4n) is 3.23. The van der Waals surface area contributed by atoms with Gasteiger partial charge >= 0.3 is 6.18 Å². The maximum absolute atomic E-state index is 12.8. The molecule has 0 saturated carbocycles. The first kappa shape index (κ1) is 20.0. The summed E-state index contributed by atoms with van der Waals surface area (Å²) in [4.78, 5) is 12.4. The molecule has 1 aliphatic rings. The summed E-state index contributed by atoms with van der Waals surface area (Å²) < 4.78 is 49.6. The Balaban J connectivity index is 1.67. The van der Waals surface area contributed by atoms with Crippen LogP contribution in [0.1, 0.15) is 43.0 Å². The maximum atomic E-state index is 12.8. The Morgan fingerprint density at radius 1 is 1.25 bits per heavy atom. The van der Waals surface area contributed by atoms with Crippen LogP contribution in [0.4, 0.5) is 13.2 Å². The number of amides is 1. The molecule has 0 spiro atoms. The molecule has 2 aromatic rings. The van der Waals surface area contributed by atoms with Crippen LogP contribution in [0.15, 0.2) is 42.5 Å². The SMILES string of the molecule is Cc1ccc2c(c1)OC(C)(C)C[C@H]2NC(=O)COc1cccc(C(F)(F)F)c1. The zero-order valence-corrected chi connectivity index (χ0v) is 15.9. The zero-order chi connectivity index (χ0) is 20.5. The predicted molar refractivity (Wildman–Crippen MR) is 98.3 cm³/mol. The number of aryl methyl sites for hydroxylation is 1. The molecular formula is C21H22F3NO3. The second kappa shape index (κ2) is 7.37. The molecule has 3 rings (SSSR count). The van der Waals surface area contributed by atoms with E-state index in [2.05, 4.69) is 5.32 Å². The Labute approximate surface area is 161 Å². The van der Waals surface area contributed by atoms with E-state index in [4.69, 9.17) is 9.47 Å². The summed E-state index contributed by atoms with van der Waals surface area (Å²) in [5, 5.41) is 2.90. The van der Waals surface area contributed by atoms with Gasteiger partial charge in [-0.2, -0.15) is 13.2 Å². The third kappa shape index (κ3) is 4.77.